The van der Waals surface area contributed by atoms with Crippen LogP contribution in [-0.2, 0) is 0 Å². The lowest BCUT2D eigenvalue weighted by Crippen LogP contribution is -2.31. The summed E-state index contributed by atoms with van der Waals surface area (Å²) < 4.78 is 1.90. The normalized spacial score (nSPS) is 10.1. The first-order chi connectivity index (χ1) is 7.70. The molecule has 1 heterocycles. The van der Waals surface area contributed by atoms with Crippen LogP contribution in [-0.4, -0.2) is 9.99 Å². The molecule has 4 nitrogen and oxygen atoms in total. The highest BCUT2D eigenvalue weighted by Crippen LogP contribution is 2.16. The smallest absolute Gasteiger partial charge is 0.268 e. The Morgan fingerprint density at radius 2 is 1.94 bits per heavy atom. The first kappa shape index (κ1) is 10.9. The van der Waals surface area contributed by atoms with Gasteiger partial charge < -0.3 is 0 Å². The minimum atomic E-state index is -0.576. The Morgan fingerprint density at radius 3 is 2.50 bits per heavy atom. The minimum absolute atomic E-state index is 0.378. The van der Waals surface area contributed by atoms with Crippen molar-refractivity contribution < 1.29 is 4.79 Å². The largest absolute Gasteiger partial charge is 0.360 e. The number of halogens is 1. The van der Waals surface area contributed by atoms with E-state index >= 15 is 0 Å². The summed E-state index contributed by atoms with van der Waals surface area (Å²) in [5.74, 6) is 0. The second kappa shape index (κ2) is 4.51. The standard InChI is InChI=1S/C10H7ClN2O2S/c11-12(8-4-2-1-3-5-8)10(15)13-9(14)6-7-16-13/h1-7H. The number of nitrogens with zero attached hydrogens (tertiary/aromatic N) is 2. The van der Waals surface area contributed by atoms with Crippen LogP contribution in [0, 0.1) is 0 Å². The van der Waals surface area contributed by atoms with Gasteiger partial charge in [0.15, 0.2) is 0 Å². The van der Waals surface area contributed by atoms with Gasteiger partial charge in [0.05, 0.1) is 5.69 Å². The van der Waals surface area contributed by atoms with Crippen molar-refractivity contribution >= 4 is 35.0 Å². The molecule has 0 fully saturated rings. The first-order valence-corrected chi connectivity index (χ1v) is 5.60. The van der Waals surface area contributed by atoms with Gasteiger partial charge in [-0.25, -0.2) is 9.21 Å². The fraction of sp³-hybridized carbons (Fsp3) is 0. The van der Waals surface area contributed by atoms with Gasteiger partial charge in [-0.05, 0) is 12.1 Å². The van der Waals surface area contributed by atoms with E-state index in [2.05, 4.69) is 0 Å². The zero-order valence-electron chi connectivity index (χ0n) is 8.04. The van der Waals surface area contributed by atoms with E-state index < -0.39 is 6.03 Å². The second-order valence-corrected chi connectivity index (χ2v) is 4.13. The summed E-state index contributed by atoms with van der Waals surface area (Å²) in [7, 11) is 0. The van der Waals surface area contributed by atoms with Crippen LogP contribution < -0.4 is 9.98 Å². The monoisotopic (exact) mass is 254 g/mol. The van der Waals surface area contributed by atoms with Gasteiger partial charge in [-0.2, -0.15) is 3.96 Å². The lowest BCUT2D eigenvalue weighted by Gasteiger charge is -2.12. The number of hydrogen-bond acceptors (Lipinski definition) is 3. The topological polar surface area (TPSA) is 42.3 Å². The predicted molar refractivity (Wildman–Crippen MR) is 64.1 cm³/mol. The Bertz CT molecular complexity index is 549. The Morgan fingerprint density at radius 1 is 1.25 bits per heavy atom. The van der Waals surface area contributed by atoms with Crippen molar-refractivity contribution in [2.24, 2.45) is 0 Å². The molecule has 6 heteroatoms. The second-order valence-electron chi connectivity index (χ2n) is 2.94. The van der Waals surface area contributed by atoms with E-state index in [0.29, 0.717) is 5.69 Å². The number of hydrogen-bond donors (Lipinski definition) is 0. The maximum absolute atomic E-state index is 11.8. The van der Waals surface area contributed by atoms with Crippen LogP contribution >= 0.6 is 23.3 Å². The summed E-state index contributed by atoms with van der Waals surface area (Å²) in [5, 5.41) is 1.54. The van der Waals surface area contributed by atoms with Crippen molar-refractivity contribution in [3.8, 4) is 0 Å². The predicted octanol–water partition coefficient (Wildman–Crippen LogP) is 2.54. The van der Waals surface area contributed by atoms with Crippen LogP contribution in [0.4, 0.5) is 10.5 Å². The van der Waals surface area contributed by atoms with Crippen molar-refractivity contribution in [1.29, 1.82) is 0 Å². The average molecular weight is 255 g/mol. The molecule has 16 heavy (non-hydrogen) atoms. The van der Waals surface area contributed by atoms with Gasteiger partial charge in [0.1, 0.15) is 0 Å². The van der Waals surface area contributed by atoms with Crippen molar-refractivity contribution in [3.05, 3.63) is 52.1 Å². The van der Waals surface area contributed by atoms with Gasteiger partial charge in [-0.1, -0.05) is 29.7 Å². The Balaban J connectivity index is 2.31. The van der Waals surface area contributed by atoms with Gasteiger partial charge >= 0.3 is 6.03 Å². The number of para-hydroxylation sites is 1. The van der Waals surface area contributed by atoms with Crippen molar-refractivity contribution in [2.75, 3.05) is 4.42 Å². The van der Waals surface area contributed by atoms with Crippen LogP contribution in [0.15, 0.2) is 46.6 Å². The van der Waals surface area contributed by atoms with Crippen molar-refractivity contribution in [3.63, 3.8) is 0 Å². The number of carbonyl (C=O) groups is 1. The molecule has 0 saturated carbocycles. The highest BCUT2D eigenvalue weighted by molar-refractivity contribution is 7.05. The fourth-order valence-electron chi connectivity index (χ4n) is 1.16. The third-order valence-corrected chi connectivity index (χ3v) is 3.05. The molecule has 1 aromatic heterocycles. The van der Waals surface area contributed by atoms with E-state index in [1.807, 2.05) is 6.07 Å². The molecule has 0 aliphatic heterocycles. The van der Waals surface area contributed by atoms with Crippen molar-refractivity contribution in [1.82, 2.24) is 3.96 Å². The van der Waals surface area contributed by atoms with E-state index in [-0.39, 0.29) is 5.56 Å². The van der Waals surface area contributed by atoms with E-state index in [9.17, 15) is 9.59 Å². The van der Waals surface area contributed by atoms with Gasteiger partial charge in [0, 0.05) is 23.2 Å². The maximum atomic E-state index is 11.8. The molecule has 0 aliphatic carbocycles. The minimum Gasteiger partial charge on any atom is -0.268 e. The van der Waals surface area contributed by atoms with E-state index in [1.165, 1.54) is 11.4 Å². The highest BCUT2D eigenvalue weighted by Gasteiger charge is 2.17. The van der Waals surface area contributed by atoms with Gasteiger partial charge in [-0.3, -0.25) is 4.79 Å². The molecular formula is C10H7ClN2O2S. The Hall–Kier alpha value is -1.59. The SMILES string of the molecule is O=C(N(Cl)c1ccccc1)n1sccc1=O. The molecule has 2 rings (SSSR count). The summed E-state index contributed by atoms with van der Waals surface area (Å²) in [6.45, 7) is 0. The summed E-state index contributed by atoms with van der Waals surface area (Å²) in [6, 6.07) is 9.44. The molecule has 0 saturated heterocycles. The fourth-order valence-corrected chi connectivity index (χ4v) is 2.03. The third kappa shape index (κ3) is 2.00. The number of aromatic nitrogens is 1. The van der Waals surface area contributed by atoms with E-state index in [4.69, 9.17) is 11.8 Å². The summed E-state index contributed by atoms with van der Waals surface area (Å²) >= 11 is 6.86. The van der Waals surface area contributed by atoms with E-state index in [1.54, 1.807) is 24.3 Å². The van der Waals surface area contributed by atoms with Gasteiger partial charge in [-0.15, -0.1) is 0 Å². The lowest BCUT2D eigenvalue weighted by molar-refractivity contribution is 0.252. The number of benzene rings is 1. The van der Waals surface area contributed by atoms with Crippen LogP contribution in [0.5, 0.6) is 0 Å². The number of amides is 1. The summed E-state index contributed by atoms with van der Waals surface area (Å²) in [6.07, 6.45) is 0. The zero-order chi connectivity index (χ0) is 11.5. The number of carbonyl (C=O) groups excluding carboxylic acids is 1. The van der Waals surface area contributed by atoms with Gasteiger partial charge in [0.2, 0.25) is 0 Å². The highest BCUT2D eigenvalue weighted by atomic mass is 35.5. The Kier molecular flexibility index (Phi) is 3.07. The zero-order valence-corrected chi connectivity index (χ0v) is 9.61. The van der Waals surface area contributed by atoms with Gasteiger partial charge in [0.25, 0.3) is 5.56 Å². The molecule has 1 aromatic carbocycles. The summed E-state index contributed by atoms with van der Waals surface area (Å²) in [5.41, 5.74) is 0.144. The number of rotatable bonds is 1. The molecule has 0 N–H and O–H groups in total. The average Bonchev–Trinajstić information content (AvgIpc) is 2.75. The molecule has 2 aromatic rings. The molecule has 0 spiro atoms. The van der Waals surface area contributed by atoms with Crippen LogP contribution in [0.2, 0.25) is 0 Å². The number of anilines is 1. The maximum Gasteiger partial charge on any atom is 0.360 e. The van der Waals surface area contributed by atoms with Crippen LogP contribution in [0.3, 0.4) is 0 Å². The molecule has 0 bridgehead atoms. The molecule has 0 unspecified atom stereocenters. The van der Waals surface area contributed by atoms with Crippen LogP contribution in [0.25, 0.3) is 0 Å². The molecule has 0 radical (unpaired) electrons. The Labute approximate surface area is 101 Å². The molecule has 82 valence electrons. The first-order valence-electron chi connectivity index (χ1n) is 4.42. The molecule has 0 atom stereocenters. The van der Waals surface area contributed by atoms with Crippen LogP contribution in [0.1, 0.15) is 0 Å². The quantitative estimate of drug-likeness (QED) is 0.734. The molecule has 1 amide bonds. The van der Waals surface area contributed by atoms with Crippen molar-refractivity contribution in [2.45, 2.75) is 0 Å². The third-order valence-electron chi connectivity index (χ3n) is 1.90. The lowest BCUT2D eigenvalue weighted by atomic mass is 10.3. The summed E-state index contributed by atoms with van der Waals surface area (Å²) in [4.78, 5) is 23.1. The van der Waals surface area contributed by atoms with E-state index in [0.717, 1.165) is 19.9 Å². The molecular weight excluding hydrogens is 248 g/mol. The molecule has 0 aliphatic rings.